The Morgan fingerprint density at radius 2 is 1.77 bits per heavy atom. The van der Waals surface area contributed by atoms with Crippen LogP contribution in [0.15, 0.2) is 36.4 Å². The van der Waals surface area contributed by atoms with Gasteiger partial charge in [0, 0.05) is 17.9 Å². The summed E-state index contributed by atoms with van der Waals surface area (Å²) in [5.74, 6) is -0.0470. The van der Waals surface area contributed by atoms with Crippen LogP contribution in [-0.4, -0.2) is 46.1 Å². The molecule has 1 saturated heterocycles. The number of nitrogens with zero attached hydrogens (tertiary/aromatic N) is 2. The number of piperidine rings is 1. The van der Waals surface area contributed by atoms with Crippen LogP contribution in [0.4, 0.5) is 4.39 Å². The second kappa shape index (κ2) is 9.47. The molecule has 162 valence electrons. The Hall–Kier alpha value is -2.28. The molecule has 1 aliphatic rings. The molecule has 0 amide bonds. The maximum atomic E-state index is 13.0. The van der Waals surface area contributed by atoms with E-state index in [1.807, 2.05) is 0 Å². The SMILES string of the molecule is O=C(CCCN1CCC(C(=O)c2nc3cc(Cl)c(Cl)cc3[nH]2)CC1)c1ccc(F)cc1. The van der Waals surface area contributed by atoms with Crippen LogP contribution < -0.4 is 0 Å². The van der Waals surface area contributed by atoms with Gasteiger partial charge in [-0.1, -0.05) is 23.2 Å². The summed E-state index contributed by atoms with van der Waals surface area (Å²) in [6, 6.07) is 8.99. The summed E-state index contributed by atoms with van der Waals surface area (Å²) in [6.07, 6.45) is 2.67. The lowest BCUT2D eigenvalue weighted by Gasteiger charge is -2.30. The van der Waals surface area contributed by atoms with Crippen LogP contribution in [0.1, 0.15) is 46.7 Å². The number of aromatic nitrogens is 2. The van der Waals surface area contributed by atoms with Gasteiger partial charge in [0.2, 0.25) is 5.78 Å². The van der Waals surface area contributed by atoms with Gasteiger partial charge in [-0.2, -0.15) is 0 Å². The molecular weight excluding hydrogens is 440 g/mol. The molecule has 4 rings (SSSR count). The molecular formula is C23H22Cl2FN3O2. The van der Waals surface area contributed by atoms with Crippen molar-refractivity contribution in [3.8, 4) is 0 Å². The minimum atomic E-state index is -0.343. The van der Waals surface area contributed by atoms with Gasteiger partial charge < -0.3 is 9.88 Å². The van der Waals surface area contributed by atoms with E-state index in [1.54, 1.807) is 12.1 Å². The fourth-order valence-electron chi connectivity index (χ4n) is 3.98. The van der Waals surface area contributed by atoms with Gasteiger partial charge in [-0.05, 0) is 75.3 Å². The number of carbonyl (C=O) groups is 2. The van der Waals surface area contributed by atoms with Crippen LogP contribution in [0.2, 0.25) is 10.0 Å². The molecule has 8 heteroatoms. The summed E-state index contributed by atoms with van der Waals surface area (Å²) < 4.78 is 13.0. The number of benzene rings is 2. The maximum absolute atomic E-state index is 13.0. The number of Topliss-reactive ketones (excluding diaryl/α,β-unsaturated/α-hetero) is 2. The fourth-order valence-corrected chi connectivity index (χ4v) is 4.30. The number of fused-ring (bicyclic) bond motifs is 1. The molecule has 0 atom stereocenters. The minimum Gasteiger partial charge on any atom is -0.335 e. The zero-order valence-corrected chi connectivity index (χ0v) is 18.3. The van der Waals surface area contributed by atoms with E-state index in [2.05, 4.69) is 14.9 Å². The van der Waals surface area contributed by atoms with Gasteiger partial charge in [0.05, 0.1) is 21.1 Å². The first-order chi connectivity index (χ1) is 14.9. The van der Waals surface area contributed by atoms with E-state index in [9.17, 15) is 14.0 Å². The van der Waals surface area contributed by atoms with Crippen LogP contribution in [0.3, 0.4) is 0 Å². The summed E-state index contributed by atoms with van der Waals surface area (Å²) in [5, 5.41) is 0.828. The quantitative estimate of drug-likeness (QED) is 0.467. The molecule has 0 bridgehead atoms. The van der Waals surface area contributed by atoms with Crippen molar-refractivity contribution in [3.63, 3.8) is 0 Å². The smallest absolute Gasteiger partial charge is 0.201 e. The molecule has 5 nitrogen and oxygen atoms in total. The van der Waals surface area contributed by atoms with Gasteiger partial charge in [0.25, 0.3) is 0 Å². The summed E-state index contributed by atoms with van der Waals surface area (Å²) in [7, 11) is 0. The molecule has 31 heavy (non-hydrogen) atoms. The van der Waals surface area contributed by atoms with Crippen molar-refractivity contribution < 1.29 is 14.0 Å². The molecule has 1 aromatic heterocycles. The van der Waals surface area contributed by atoms with Crippen molar-refractivity contribution in [2.75, 3.05) is 19.6 Å². The number of nitrogens with one attached hydrogen (secondary N) is 1. The summed E-state index contributed by atoms with van der Waals surface area (Å²) >= 11 is 12.1. The predicted molar refractivity (Wildman–Crippen MR) is 120 cm³/mol. The molecule has 0 saturated carbocycles. The zero-order valence-electron chi connectivity index (χ0n) is 16.8. The number of ketones is 2. The topological polar surface area (TPSA) is 66.1 Å². The first-order valence-corrected chi connectivity index (χ1v) is 11.1. The molecule has 1 fully saturated rings. The third kappa shape index (κ3) is 5.14. The number of carbonyl (C=O) groups excluding carboxylic acids is 2. The molecule has 0 spiro atoms. The van der Waals surface area contributed by atoms with Crippen molar-refractivity contribution in [2.24, 2.45) is 5.92 Å². The number of likely N-dealkylation sites (tertiary alicyclic amines) is 1. The molecule has 0 unspecified atom stereocenters. The Morgan fingerprint density at radius 3 is 2.48 bits per heavy atom. The normalized spacial score (nSPS) is 15.5. The number of halogens is 3. The predicted octanol–water partition coefficient (Wildman–Crippen LogP) is 5.57. The summed E-state index contributed by atoms with van der Waals surface area (Å²) in [6.45, 7) is 2.41. The molecule has 2 aromatic carbocycles. The van der Waals surface area contributed by atoms with E-state index in [4.69, 9.17) is 23.2 Å². The highest BCUT2D eigenvalue weighted by atomic mass is 35.5. The third-order valence-electron chi connectivity index (χ3n) is 5.76. The highest BCUT2D eigenvalue weighted by molar-refractivity contribution is 6.42. The Balaban J connectivity index is 1.26. The fraction of sp³-hybridized carbons (Fsp3) is 0.348. The first kappa shape index (κ1) is 21.9. The van der Waals surface area contributed by atoms with E-state index in [0.717, 1.165) is 38.9 Å². The number of hydrogen-bond donors (Lipinski definition) is 1. The lowest BCUT2D eigenvalue weighted by atomic mass is 9.92. The van der Waals surface area contributed by atoms with Crippen molar-refractivity contribution >= 4 is 45.8 Å². The van der Waals surface area contributed by atoms with Crippen molar-refractivity contribution in [3.05, 3.63) is 63.6 Å². The van der Waals surface area contributed by atoms with E-state index in [-0.39, 0.29) is 23.3 Å². The molecule has 3 aromatic rings. The first-order valence-electron chi connectivity index (χ1n) is 10.3. The average molecular weight is 462 g/mol. The van der Waals surface area contributed by atoms with Crippen LogP contribution in [-0.2, 0) is 0 Å². The number of H-pyrrole nitrogens is 1. The molecule has 1 N–H and O–H groups in total. The van der Waals surface area contributed by atoms with Crippen LogP contribution >= 0.6 is 23.2 Å². The minimum absolute atomic E-state index is 0.00887. The van der Waals surface area contributed by atoms with E-state index in [1.165, 1.54) is 24.3 Å². The lowest BCUT2D eigenvalue weighted by molar-refractivity contribution is 0.0828. The lowest BCUT2D eigenvalue weighted by Crippen LogP contribution is -2.37. The van der Waals surface area contributed by atoms with E-state index >= 15 is 0 Å². The Bertz CT molecular complexity index is 1070. The van der Waals surface area contributed by atoms with E-state index in [0.29, 0.717) is 38.9 Å². The van der Waals surface area contributed by atoms with Gasteiger partial charge >= 0.3 is 0 Å². The molecule has 0 aliphatic carbocycles. The second-order valence-corrected chi connectivity index (χ2v) is 8.70. The number of hydrogen-bond acceptors (Lipinski definition) is 4. The molecule has 1 aliphatic heterocycles. The number of aromatic amines is 1. The van der Waals surface area contributed by atoms with Crippen molar-refractivity contribution in [1.82, 2.24) is 14.9 Å². The van der Waals surface area contributed by atoms with Crippen LogP contribution in [0, 0.1) is 11.7 Å². The Labute approximate surface area is 189 Å². The largest absolute Gasteiger partial charge is 0.335 e. The van der Waals surface area contributed by atoms with Crippen molar-refractivity contribution in [2.45, 2.75) is 25.7 Å². The summed E-state index contributed by atoms with van der Waals surface area (Å²) in [5.41, 5.74) is 1.86. The van der Waals surface area contributed by atoms with E-state index < -0.39 is 0 Å². The summed E-state index contributed by atoms with van der Waals surface area (Å²) in [4.78, 5) is 34.8. The van der Waals surface area contributed by atoms with Gasteiger partial charge in [0.15, 0.2) is 11.6 Å². The van der Waals surface area contributed by atoms with Crippen LogP contribution in [0.25, 0.3) is 11.0 Å². The van der Waals surface area contributed by atoms with Crippen LogP contribution in [0.5, 0.6) is 0 Å². The van der Waals surface area contributed by atoms with Crippen molar-refractivity contribution in [1.29, 1.82) is 0 Å². The molecule has 2 heterocycles. The highest BCUT2D eigenvalue weighted by Crippen LogP contribution is 2.28. The maximum Gasteiger partial charge on any atom is 0.201 e. The Morgan fingerprint density at radius 1 is 1.10 bits per heavy atom. The highest BCUT2D eigenvalue weighted by Gasteiger charge is 2.27. The van der Waals surface area contributed by atoms with Gasteiger partial charge in [-0.3, -0.25) is 9.59 Å². The third-order valence-corrected chi connectivity index (χ3v) is 6.48. The molecule has 0 radical (unpaired) electrons. The monoisotopic (exact) mass is 461 g/mol. The van der Waals surface area contributed by atoms with Gasteiger partial charge in [0.1, 0.15) is 5.82 Å². The second-order valence-electron chi connectivity index (χ2n) is 7.88. The zero-order chi connectivity index (χ0) is 22.0. The Kier molecular flexibility index (Phi) is 6.70. The number of imidazole rings is 1. The average Bonchev–Trinajstić information content (AvgIpc) is 3.17. The standard InChI is InChI=1S/C23H22Cl2FN3O2/c24-17-12-19-20(13-18(17)25)28-23(27-19)22(31)15-7-10-29(11-8-15)9-1-2-21(30)14-3-5-16(26)6-4-14/h3-6,12-13,15H,1-2,7-11H2,(H,27,28). The van der Waals surface area contributed by atoms with Gasteiger partial charge in [-0.15, -0.1) is 0 Å². The number of rotatable bonds is 7. The van der Waals surface area contributed by atoms with Gasteiger partial charge in [-0.25, -0.2) is 9.37 Å².